The van der Waals surface area contributed by atoms with Crippen molar-refractivity contribution in [3.63, 3.8) is 0 Å². The second kappa shape index (κ2) is 11.0. The van der Waals surface area contributed by atoms with E-state index >= 15 is 0 Å². The third kappa shape index (κ3) is 6.45. The first-order valence-corrected chi connectivity index (χ1v) is 9.91. The van der Waals surface area contributed by atoms with Crippen molar-refractivity contribution in [2.75, 3.05) is 20.8 Å². The minimum atomic E-state index is -0.0765. The summed E-state index contributed by atoms with van der Waals surface area (Å²) in [6, 6.07) is 16.5. The average Bonchev–Trinajstić information content (AvgIpc) is 2.80. The van der Waals surface area contributed by atoms with Crippen molar-refractivity contribution in [2.24, 2.45) is 0 Å². The Morgan fingerprint density at radius 3 is 2.52 bits per heavy atom. The molecule has 7 heteroatoms. The zero-order chi connectivity index (χ0) is 22.1. The summed E-state index contributed by atoms with van der Waals surface area (Å²) in [5, 5.41) is 12.0. The molecule has 1 aromatic heterocycles. The fraction of sp³-hybridized carbons (Fsp3) is 0.250. The van der Waals surface area contributed by atoms with Crippen LogP contribution in [-0.2, 0) is 24.2 Å². The van der Waals surface area contributed by atoms with Gasteiger partial charge in [0.05, 0.1) is 27.2 Å². The number of hydrogen-bond donors (Lipinski definition) is 2. The minimum Gasteiger partial charge on any atom is -0.497 e. The van der Waals surface area contributed by atoms with Crippen molar-refractivity contribution in [3.8, 4) is 23.1 Å². The summed E-state index contributed by atoms with van der Waals surface area (Å²) in [6.45, 7) is 0.465. The second-order valence-corrected chi connectivity index (χ2v) is 6.88. The maximum Gasteiger partial charge on any atom is 0.224 e. The summed E-state index contributed by atoms with van der Waals surface area (Å²) in [7, 11) is 3.18. The summed E-state index contributed by atoms with van der Waals surface area (Å²) in [5.41, 5.74) is 2.61. The SMILES string of the molecule is COc1cccc(CCNC(=O)Cc2ccc(Oc3ccc(CO)cn3)c(OC)c2)c1. The van der Waals surface area contributed by atoms with Crippen molar-refractivity contribution >= 4 is 5.91 Å². The van der Waals surface area contributed by atoms with E-state index in [4.69, 9.17) is 19.3 Å². The lowest BCUT2D eigenvalue weighted by atomic mass is 10.1. The molecule has 2 aromatic carbocycles. The molecule has 3 aromatic rings. The van der Waals surface area contributed by atoms with Crippen LogP contribution in [0, 0.1) is 0 Å². The van der Waals surface area contributed by atoms with Crippen LogP contribution in [0.4, 0.5) is 0 Å². The number of nitrogens with zero attached hydrogens (tertiary/aromatic N) is 1. The first-order valence-electron chi connectivity index (χ1n) is 9.91. The first-order chi connectivity index (χ1) is 15.1. The number of hydrogen-bond acceptors (Lipinski definition) is 6. The smallest absolute Gasteiger partial charge is 0.224 e. The highest BCUT2D eigenvalue weighted by Gasteiger charge is 2.11. The van der Waals surface area contributed by atoms with Crippen molar-refractivity contribution in [1.82, 2.24) is 10.3 Å². The van der Waals surface area contributed by atoms with Crippen LogP contribution in [0.1, 0.15) is 16.7 Å². The largest absolute Gasteiger partial charge is 0.497 e. The summed E-state index contributed by atoms with van der Waals surface area (Å²) >= 11 is 0. The number of rotatable bonds is 10. The number of aliphatic hydroxyl groups excluding tert-OH is 1. The molecule has 0 saturated carbocycles. The zero-order valence-electron chi connectivity index (χ0n) is 17.6. The quantitative estimate of drug-likeness (QED) is 0.521. The fourth-order valence-corrected chi connectivity index (χ4v) is 3.01. The highest BCUT2D eigenvalue weighted by molar-refractivity contribution is 5.78. The van der Waals surface area contributed by atoms with Crippen molar-refractivity contribution in [2.45, 2.75) is 19.4 Å². The zero-order valence-corrected chi connectivity index (χ0v) is 17.6. The molecule has 0 fully saturated rings. The van der Waals surface area contributed by atoms with E-state index in [9.17, 15) is 4.79 Å². The monoisotopic (exact) mass is 422 g/mol. The van der Waals surface area contributed by atoms with Crippen LogP contribution >= 0.6 is 0 Å². The summed E-state index contributed by atoms with van der Waals surface area (Å²) < 4.78 is 16.4. The lowest BCUT2D eigenvalue weighted by molar-refractivity contribution is -0.120. The van der Waals surface area contributed by atoms with E-state index < -0.39 is 0 Å². The number of nitrogens with one attached hydrogen (secondary N) is 1. The number of aliphatic hydroxyl groups is 1. The standard InChI is InChI=1S/C24H26N2O5/c1-29-20-5-3-4-17(12-20)10-11-25-23(28)14-18-6-8-21(22(13-18)30-2)31-24-9-7-19(16-27)15-26-24/h3-9,12-13,15,27H,10-11,14,16H2,1-2H3,(H,25,28). The molecule has 0 radical (unpaired) electrons. The molecule has 0 aliphatic rings. The Hall–Kier alpha value is -3.58. The third-order valence-electron chi connectivity index (χ3n) is 4.66. The molecule has 162 valence electrons. The Kier molecular flexibility index (Phi) is 7.84. The number of amides is 1. The lowest BCUT2D eigenvalue weighted by Gasteiger charge is -2.12. The van der Waals surface area contributed by atoms with Crippen LogP contribution in [0.2, 0.25) is 0 Å². The van der Waals surface area contributed by atoms with Crippen LogP contribution in [0.25, 0.3) is 0 Å². The molecule has 0 atom stereocenters. The van der Waals surface area contributed by atoms with Crippen LogP contribution < -0.4 is 19.5 Å². The molecular weight excluding hydrogens is 396 g/mol. The maximum atomic E-state index is 12.3. The van der Waals surface area contributed by atoms with Crippen LogP contribution in [0.15, 0.2) is 60.8 Å². The molecule has 1 amide bonds. The maximum absolute atomic E-state index is 12.3. The Morgan fingerprint density at radius 2 is 1.81 bits per heavy atom. The Bertz CT molecular complexity index is 1010. The van der Waals surface area contributed by atoms with E-state index in [1.54, 1.807) is 44.7 Å². The Balaban J connectivity index is 1.55. The predicted molar refractivity (Wildman–Crippen MR) is 117 cm³/mol. The van der Waals surface area contributed by atoms with Gasteiger partial charge in [0, 0.05) is 18.8 Å². The topological polar surface area (TPSA) is 89.9 Å². The van der Waals surface area contributed by atoms with Crippen molar-refractivity contribution < 1.29 is 24.1 Å². The van der Waals surface area contributed by atoms with E-state index in [1.807, 2.05) is 30.3 Å². The average molecular weight is 422 g/mol. The molecule has 7 nitrogen and oxygen atoms in total. The minimum absolute atomic E-state index is 0.0696. The van der Waals surface area contributed by atoms with Crippen molar-refractivity contribution in [3.05, 3.63) is 77.5 Å². The molecule has 2 N–H and O–H groups in total. The Labute approximate surface area is 181 Å². The molecule has 31 heavy (non-hydrogen) atoms. The van der Waals surface area contributed by atoms with Gasteiger partial charge in [0.1, 0.15) is 5.75 Å². The Morgan fingerprint density at radius 1 is 0.968 bits per heavy atom. The normalized spacial score (nSPS) is 10.4. The molecule has 0 aliphatic carbocycles. The molecule has 0 saturated heterocycles. The number of ether oxygens (including phenoxy) is 3. The molecule has 1 heterocycles. The van der Waals surface area contributed by atoms with Crippen molar-refractivity contribution in [1.29, 1.82) is 0 Å². The summed E-state index contributed by atoms with van der Waals surface area (Å²) in [5.74, 6) is 2.12. The second-order valence-electron chi connectivity index (χ2n) is 6.88. The number of pyridine rings is 1. The third-order valence-corrected chi connectivity index (χ3v) is 4.66. The summed E-state index contributed by atoms with van der Waals surface area (Å²) in [4.78, 5) is 16.5. The number of methoxy groups -OCH3 is 2. The van der Waals surface area contributed by atoms with Gasteiger partial charge in [0.15, 0.2) is 11.5 Å². The fourth-order valence-electron chi connectivity index (χ4n) is 3.01. The van der Waals surface area contributed by atoms with Crippen LogP contribution in [0.5, 0.6) is 23.1 Å². The molecule has 0 spiro atoms. The van der Waals surface area contributed by atoms with Gasteiger partial charge >= 0.3 is 0 Å². The number of aromatic nitrogens is 1. The van der Waals surface area contributed by atoms with Gasteiger partial charge in [-0.25, -0.2) is 4.98 Å². The van der Waals surface area contributed by atoms with Gasteiger partial charge in [0.2, 0.25) is 11.8 Å². The van der Waals surface area contributed by atoms with Gasteiger partial charge in [0.25, 0.3) is 0 Å². The van der Waals surface area contributed by atoms with E-state index in [1.165, 1.54) is 0 Å². The molecule has 0 unspecified atom stereocenters. The number of benzene rings is 2. The number of carbonyl (C=O) groups excluding carboxylic acids is 1. The van der Waals surface area contributed by atoms with E-state index in [-0.39, 0.29) is 18.9 Å². The molecule has 3 rings (SSSR count). The highest BCUT2D eigenvalue weighted by Crippen LogP contribution is 2.31. The molecule has 0 bridgehead atoms. The van der Waals surface area contributed by atoms with E-state index in [2.05, 4.69) is 10.3 Å². The predicted octanol–water partition coefficient (Wildman–Crippen LogP) is 3.28. The van der Waals surface area contributed by atoms with Gasteiger partial charge in [-0.1, -0.05) is 18.2 Å². The van der Waals surface area contributed by atoms with Gasteiger partial charge in [-0.2, -0.15) is 0 Å². The summed E-state index contributed by atoms with van der Waals surface area (Å²) in [6.07, 6.45) is 2.51. The van der Waals surface area contributed by atoms with Crippen LogP contribution in [-0.4, -0.2) is 36.8 Å². The number of carbonyl (C=O) groups is 1. The lowest BCUT2D eigenvalue weighted by Crippen LogP contribution is -2.27. The van der Waals surface area contributed by atoms with Gasteiger partial charge in [-0.05, 0) is 53.4 Å². The van der Waals surface area contributed by atoms with Gasteiger partial charge < -0.3 is 24.6 Å². The van der Waals surface area contributed by atoms with Gasteiger partial charge in [-0.15, -0.1) is 0 Å². The van der Waals surface area contributed by atoms with Crippen LogP contribution in [0.3, 0.4) is 0 Å². The molecule has 0 aliphatic heterocycles. The first kappa shape index (κ1) is 22.1. The van der Waals surface area contributed by atoms with Gasteiger partial charge in [-0.3, -0.25) is 4.79 Å². The molecular formula is C24H26N2O5. The van der Waals surface area contributed by atoms with E-state index in [0.717, 1.165) is 23.3 Å². The highest BCUT2D eigenvalue weighted by atomic mass is 16.5. The van der Waals surface area contributed by atoms with E-state index in [0.29, 0.717) is 29.5 Å².